The van der Waals surface area contributed by atoms with Gasteiger partial charge >= 0.3 is 0 Å². The Morgan fingerprint density at radius 1 is 1.09 bits per heavy atom. The number of hydrogen-bond acceptors (Lipinski definition) is 5. The fourth-order valence-electron chi connectivity index (χ4n) is 3.40. The SMILES string of the molecule is CCN(c1ccc2sc(C(=O)NCc3cccnc3)cc2c1)S(=O)(=O)c1ccc(C)cc1. The molecule has 0 aliphatic rings. The van der Waals surface area contributed by atoms with Crippen LogP contribution < -0.4 is 9.62 Å². The molecule has 4 rings (SSSR count). The van der Waals surface area contributed by atoms with Crippen molar-refractivity contribution in [1.29, 1.82) is 0 Å². The van der Waals surface area contributed by atoms with Gasteiger partial charge in [0.1, 0.15) is 0 Å². The highest BCUT2D eigenvalue weighted by Crippen LogP contribution is 2.32. The number of sulfonamides is 1. The maximum Gasteiger partial charge on any atom is 0.264 e. The number of benzene rings is 2. The van der Waals surface area contributed by atoms with Gasteiger partial charge in [0.25, 0.3) is 15.9 Å². The second-order valence-electron chi connectivity index (χ2n) is 7.36. The maximum absolute atomic E-state index is 13.2. The molecule has 2 aromatic carbocycles. The van der Waals surface area contributed by atoms with Crippen molar-refractivity contribution in [3.63, 3.8) is 0 Å². The van der Waals surface area contributed by atoms with Crippen molar-refractivity contribution in [2.45, 2.75) is 25.3 Å². The molecule has 2 aromatic heterocycles. The predicted octanol–water partition coefficient (Wildman–Crippen LogP) is 4.75. The van der Waals surface area contributed by atoms with Crippen LogP contribution in [0.1, 0.15) is 27.7 Å². The lowest BCUT2D eigenvalue weighted by molar-refractivity contribution is 0.0955. The number of nitrogens with one attached hydrogen (secondary N) is 1. The first-order valence-corrected chi connectivity index (χ1v) is 12.4. The molecule has 0 bridgehead atoms. The van der Waals surface area contributed by atoms with Gasteiger partial charge in [-0.05, 0) is 67.3 Å². The summed E-state index contributed by atoms with van der Waals surface area (Å²) in [4.78, 5) is 17.5. The van der Waals surface area contributed by atoms with Gasteiger partial charge in [-0.2, -0.15) is 0 Å². The van der Waals surface area contributed by atoms with Crippen LogP contribution in [0.5, 0.6) is 0 Å². The highest BCUT2D eigenvalue weighted by Gasteiger charge is 2.24. The summed E-state index contributed by atoms with van der Waals surface area (Å²) in [7, 11) is -3.69. The van der Waals surface area contributed by atoms with Gasteiger partial charge in [-0.15, -0.1) is 11.3 Å². The van der Waals surface area contributed by atoms with Gasteiger partial charge in [0.2, 0.25) is 0 Å². The molecule has 0 fully saturated rings. The molecule has 0 saturated heterocycles. The van der Waals surface area contributed by atoms with Gasteiger partial charge < -0.3 is 5.32 Å². The molecule has 0 aliphatic heterocycles. The van der Waals surface area contributed by atoms with E-state index >= 15 is 0 Å². The van der Waals surface area contributed by atoms with Crippen molar-refractivity contribution in [3.05, 3.63) is 89.1 Å². The van der Waals surface area contributed by atoms with Gasteiger partial charge in [0.15, 0.2) is 0 Å². The van der Waals surface area contributed by atoms with Crippen LogP contribution in [0.15, 0.2) is 78.0 Å². The normalized spacial score (nSPS) is 11.4. The number of fused-ring (bicyclic) bond motifs is 1. The molecule has 0 spiro atoms. The van der Waals surface area contributed by atoms with Crippen molar-refractivity contribution in [2.24, 2.45) is 0 Å². The predicted molar refractivity (Wildman–Crippen MR) is 129 cm³/mol. The minimum absolute atomic E-state index is 0.170. The Balaban J connectivity index is 1.58. The highest BCUT2D eigenvalue weighted by atomic mass is 32.2. The van der Waals surface area contributed by atoms with Gasteiger partial charge in [0, 0.05) is 30.2 Å². The van der Waals surface area contributed by atoms with Crippen LogP contribution in [0, 0.1) is 6.92 Å². The van der Waals surface area contributed by atoms with E-state index in [4.69, 9.17) is 0 Å². The molecule has 6 nitrogen and oxygen atoms in total. The number of aryl methyl sites for hydroxylation is 1. The number of rotatable bonds is 7. The second-order valence-corrected chi connectivity index (χ2v) is 10.3. The third-order valence-electron chi connectivity index (χ3n) is 5.08. The standard InChI is InChI=1S/C24H23N3O3S2/c1-3-27(32(29,30)21-9-6-17(2)7-10-21)20-8-11-22-19(13-20)14-23(31-22)24(28)26-16-18-5-4-12-25-15-18/h4-15H,3,16H2,1-2H3,(H,26,28). The summed E-state index contributed by atoms with van der Waals surface area (Å²) in [5.41, 5.74) is 2.49. The quantitative estimate of drug-likeness (QED) is 0.427. The first-order chi connectivity index (χ1) is 15.4. The number of thiophene rings is 1. The zero-order valence-electron chi connectivity index (χ0n) is 17.8. The molecule has 1 amide bonds. The number of carbonyl (C=O) groups is 1. The van der Waals surface area contributed by atoms with Crippen LogP contribution in [0.25, 0.3) is 10.1 Å². The zero-order chi connectivity index (χ0) is 22.7. The Morgan fingerprint density at radius 2 is 1.88 bits per heavy atom. The molecule has 2 heterocycles. The van der Waals surface area contributed by atoms with Crippen LogP contribution in [0.2, 0.25) is 0 Å². The average molecular weight is 466 g/mol. The van der Waals surface area contributed by atoms with Crippen LogP contribution in [0.4, 0.5) is 5.69 Å². The molecule has 164 valence electrons. The molecular weight excluding hydrogens is 442 g/mol. The summed E-state index contributed by atoms with van der Waals surface area (Å²) in [5.74, 6) is -0.170. The summed E-state index contributed by atoms with van der Waals surface area (Å²) in [6.45, 7) is 4.42. The Morgan fingerprint density at radius 3 is 2.56 bits per heavy atom. The van der Waals surface area contributed by atoms with Gasteiger partial charge in [-0.3, -0.25) is 14.1 Å². The number of anilines is 1. The second kappa shape index (κ2) is 9.10. The highest BCUT2D eigenvalue weighted by molar-refractivity contribution is 7.92. The zero-order valence-corrected chi connectivity index (χ0v) is 19.4. The van der Waals surface area contributed by atoms with Crippen LogP contribution in [-0.4, -0.2) is 25.9 Å². The Hall–Kier alpha value is -3.23. The lowest BCUT2D eigenvalue weighted by Crippen LogP contribution is -2.30. The van der Waals surface area contributed by atoms with E-state index in [0.717, 1.165) is 21.2 Å². The fourth-order valence-corrected chi connectivity index (χ4v) is 5.82. The summed E-state index contributed by atoms with van der Waals surface area (Å²) in [6, 6.07) is 17.8. The molecule has 1 N–H and O–H groups in total. The smallest absolute Gasteiger partial charge is 0.264 e. The Kier molecular flexibility index (Phi) is 6.25. The summed E-state index contributed by atoms with van der Waals surface area (Å²) in [6.07, 6.45) is 3.40. The molecule has 0 saturated carbocycles. The minimum atomic E-state index is -3.69. The first kappa shape index (κ1) is 22.0. The van der Waals surface area contributed by atoms with E-state index in [1.54, 1.807) is 55.7 Å². The number of hydrogen-bond donors (Lipinski definition) is 1. The van der Waals surface area contributed by atoms with Crippen LogP contribution in [-0.2, 0) is 16.6 Å². The van der Waals surface area contributed by atoms with E-state index in [1.165, 1.54) is 15.6 Å². The number of nitrogens with zero attached hydrogens (tertiary/aromatic N) is 2. The molecule has 0 atom stereocenters. The van der Waals surface area contributed by atoms with E-state index in [-0.39, 0.29) is 10.8 Å². The van der Waals surface area contributed by atoms with E-state index in [9.17, 15) is 13.2 Å². The summed E-state index contributed by atoms with van der Waals surface area (Å²) in [5, 5.41) is 3.73. The number of aromatic nitrogens is 1. The molecule has 0 radical (unpaired) electrons. The third-order valence-corrected chi connectivity index (χ3v) is 8.12. The molecular formula is C24H23N3O3S2. The minimum Gasteiger partial charge on any atom is -0.347 e. The Bertz CT molecular complexity index is 1350. The number of pyridine rings is 1. The lowest BCUT2D eigenvalue weighted by Gasteiger charge is -2.23. The molecule has 0 unspecified atom stereocenters. The molecule has 0 aliphatic carbocycles. The monoisotopic (exact) mass is 465 g/mol. The van der Waals surface area contributed by atoms with Crippen molar-refractivity contribution < 1.29 is 13.2 Å². The van der Waals surface area contributed by atoms with E-state index in [1.807, 2.05) is 31.2 Å². The van der Waals surface area contributed by atoms with E-state index < -0.39 is 10.0 Å². The number of carbonyl (C=O) groups excluding carboxylic acids is 1. The van der Waals surface area contributed by atoms with E-state index in [0.29, 0.717) is 23.7 Å². The van der Waals surface area contributed by atoms with E-state index in [2.05, 4.69) is 10.3 Å². The summed E-state index contributed by atoms with van der Waals surface area (Å²) >= 11 is 1.38. The van der Waals surface area contributed by atoms with Crippen LogP contribution >= 0.6 is 11.3 Å². The first-order valence-electron chi connectivity index (χ1n) is 10.2. The molecule has 32 heavy (non-hydrogen) atoms. The van der Waals surface area contributed by atoms with Gasteiger partial charge in [0.05, 0.1) is 15.5 Å². The Labute approximate surface area is 191 Å². The average Bonchev–Trinajstić information content (AvgIpc) is 3.22. The number of amides is 1. The topological polar surface area (TPSA) is 79.4 Å². The maximum atomic E-state index is 13.2. The molecule has 8 heteroatoms. The molecule has 4 aromatic rings. The third kappa shape index (κ3) is 4.51. The summed E-state index contributed by atoms with van der Waals surface area (Å²) < 4.78 is 28.7. The lowest BCUT2D eigenvalue weighted by atomic mass is 10.2. The largest absolute Gasteiger partial charge is 0.347 e. The van der Waals surface area contributed by atoms with Crippen molar-refractivity contribution in [3.8, 4) is 0 Å². The van der Waals surface area contributed by atoms with Crippen LogP contribution in [0.3, 0.4) is 0 Å². The van der Waals surface area contributed by atoms with Crippen molar-refractivity contribution in [1.82, 2.24) is 10.3 Å². The van der Waals surface area contributed by atoms with Crippen molar-refractivity contribution in [2.75, 3.05) is 10.8 Å². The van der Waals surface area contributed by atoms with Crippen molar-refractivity contribution >= 4 is 43.0 Å². The van der Waals surface area contributed by atoms with Gasteiger partial charge in [-0.1, -0.05) is 23.8 Å². The fraction of sp³-hybridized carbons (Fsp3) is 0.167. The van der Waals surface area contributed by atoms with Gasteiger partial charge in [-0.25, -0.2) is 8.42 Å².